The first-order valence-corrected chi connectivity index (χ1v) is 11.0. The Kier molecular flexibility index (Phi) is 4.74. The molecule has 5 rings (SSSR count). The number of pyridine rings is 1. The molecule has 3 atom stereocenters. The van der Waals surface area contributed by atoms with E-state index in [0.717, 1.165) is 40.9 Å². The number of aromatic nitrogens is 3. The van der Waals surface area contributed by atoms with Crippen LogP contribution in [0.1, 0.15) is 37.1 Å². The van der Waals surface area contributed by atoms with Crippen molar-refractivity contribution in [3.63, 3.8) is 0 Å². The molecule has 1 aromatic carbocycles. The van der Waals surface area contributed by atoms with Gasteiger partial charge in [-0.1, -0.05) is 43.7 Å². The van der Waals surface area contributed by atoms with E-state index in [0.29, 0.717) is 5.82 Å². The Morgan fingerprint density at radius 1 is 1.12 bits per heavy atom. The molecular formula is C27H24N4O. The highest BCUT2D eigenvalue weighted by Crippen LogP contribution is 2.51. The number of benzene rings is 1. The number of carbonyl (C=O) groups excluding carboxylic acids is 1. The fourth-order valence-corrected chi connectivity index (χ4v) is 5.41. The minimum atomic E-state index is -0.496. The van der Waals surface area contributed by atoms with Gasteiger partial charge in [0.25, 0.3) is 0 Å². The average molecular weight is 421 g/mol. The van der Waals surface area contributed by atoms with Crippen LogP contribution >= 0.6 is 0 Å². The van der Waals surface area contributed by atoms with Crippen molar-refractivity contribution >= 4 is 5.78 Å². The lowest BCUT2D eigenvalue weighted by molar-refractivity contribution is -0.121. The Bertz CT molecular complexity index is 1300. The van der Waals surface area contributed by atoms with Crippen LogP contribution in [-0.4, -0.2) is 20.7 Å². The zero-order valence-electron chi connectivity index (χ0n) is 18.5. The second-order valence-corrected chi connectivity index (χ2v) is 9.05. The minimum absolute atomic E-state index is 0.0479. The molecule has 0 saturated carbocycles. The molecule has 2 heterocycles. The van der Waals surface area contributed by atoms with Gasteiger partial charge in [0.2, 0.25) is 5.70 Å². The lowest BCUT2D eigenvalue weighted by Crippen LogP contribution is -2.46. The van der Waals surface area contributed by atoms with Crippen LogP contribution in [0.2, 0.25) is 0 Å². The first kappa shape index (κ1) is 20.3. The Labute approximate surface area is 188 Å². The number of aryl methyl sites for hydroxylation is 1. The van der Waals surface area contributed by atoms with E-state index < -0.39 is 5.41 Å². The third-order valence-corrected chi connectivity index (χ3v) is 7.05. The molecule has 158 valence electrons. The van der Waals surface area contributed by atoms with Gasteiger partial charge in [0.05, 0.1) is 18.0 Å². The molecule has 2 aromatic heterocycles. The van der Waals surface area contributed by atoms with E-state index in [-0.39, 0.29) is 23.3 Å². The third kappa shape index (κ3) is 3.06. The average Bonchev–Trinajstić information content (AvgIpc) is 2.81. The highest BCUT2D eigenvalue weighted by Gasteiger charge is 2.49. The van der Waals surface area contributed by atoms with Crippen LogP contribution in [0.25, 0.3) is 27.5 Å². The number of rotatable bonds is 2. The first-order chi connectivity index (χ1) is 15.4. The van der Waals surface area contributed by atoms with Crippen molar-refractivity contribution in [2.75, 3.05) is 0 Å². The maximum atomic E-state index is 12.8. The summed E-state index contributed by atoms with van der Waals surface area (Å²) < 4.78 is 0. The first-order valence-electron chi connectivity index (χ1n) is 11.0. The third-order valence-electron chi connectivity index (χ3n) is 7.05. The molecule has 0 amide bonds. The molecule has 0 unspecified atom stereocenters. The molecule has 5 nitrogen and oxygen atoms in total. The van der Waals surface area contributed by atoms with E-state index in [2.05, 4.69) is 47.9 Å². The summed E-state index contributed by atoms with van der Waals surface area (Å²) in [5.41, 5.74) is 5.86. The normalized spacial score (nSPS) is 24.2. The van der Waals surface area contributed by atoms with Crippen molar-refractivity contribution in [1.29, 1.82) is 0 Å². The van der Waals surface area contributed by atoms with Crippen LogP contribution in [0, 0.1) is 25.3 Å². The van der Waals surface area contributed by atoms with E-state index in [9.17, 15) is 4.79 Å². The van der Waals surface area contributed by atoms with Crippen LogP contribution in [0.3, 0.4) is 0 Å². The van der Waals surface area contributed by atoms with E-state index in [4.69, 9.17) is 16.5 Å². The zero-order valence-corrected chi connectivity index (χ0v) is 18.5. The maximum absolute atomic E-state index is 12.8. The Balaban J connectivity index is 1.82. The SMILES string of the molecule is [C-]#[N+]C1=C[C@@]2(C)c3nc(-c4ccncc4)nc(-c4cccc(C)c4)c3CC[C@@H]2[C@@H](C)C1=O. The van der Waals surface area contributed by atoms with E-state index in [1.165, 1.54) is 5.56 Å². The van der Waals surface area contributed by atoms with E-state index >= 15 is 0 Å². The predicted molar refractivity (Wildman–Crippen MR) is 123 cm³/mol. The van der Waals surface area contributed by atoms with Gasteiger partial charge in [0.1, 0.15) is 0 Å². The molecule has 3 aromatic rings. The second-order valence-electron chi connectivity index (χ2n) is 9.05. The van der Waals surface area contributed by atoms with Gasteiger partial charge in [0, 0.05) is 40.4 Å². The molecule has 0 spiro atoms. The molecule has 0 N–H and O–H groups in total. The molecule has 32 heavy (non-hydrogen) atoms. The molecule has 0 fully saturated rings. The number of carbonyl (C=O) groups is 1. The molecular weight excluding hydrogens is 396 g/mol. The van der Waals surface area contributed by atoms with E-state index in [1.807, 2.05) is 25.1 Å². The van der Waals surface area contributed by atoms with Gasteiger partial charge in [0.15, 0.2) is 11.6 Å². The topological polar surface area (TPSA) is 60.1 Å². The fourth-order valence-electron chi connectivity index (χ4n) is 5.41. The van der Waals surface area contributed by atoms with Gasteiger partial charge in [-0.05, 0) is 43.9 Å². The standard InChI is InChI=1S/C27H24N4O/c1-16-6-5-7-19(14-16)23-20-8-9-21-17(2)24(32)22(28-4)15-27(21,3)25(20)31-26(30-23)18-10-12-29-13-11-18/h5-7,10-15,17,21H,8-9H2,1-3H3/t17-,21-,27-/m1/s1. The van der Waals surface area contributed by atoms with Crippen molar-refractivity contribution in [3.8, 4) is 22.6 Å². The summed E-state index contributed by atoms with van der Waals surface area (Å²) in [6.45, 7) is 13.7. The number of Topliss-reactive ketones (excluding diaryl/α,β-unsaturated/α-hetero) is 1. The highest BCUT2D eigenvalue weighted by atomic mass is 16.1. The monoisotopic (exact) mass is 420 g/mol. The Hall–Kier alpha value is -3.65. The molecule has 5 heteroatoms. The Morgan fingerprint density at radius 2 is 1.91 bits per heavy atom. The molecule has 2 aliphatic rings. The summed E-state index contributed by atoms with van der Waals surface area (Å²) in [5, 5.41) is 0. The van der Waals surface area contributed by atoms with Crippen LogP contribution in [0.5, 0.6) is 0 Å². The summed E-state index contributed by atoms with van der Waals surface area (Å²) >= 11 is 0. The molecule has 0 aliphatic heterocycles. The number of ketones is 1. The van der Waals surface area contributed by atoms with Crippen molar-refractivity contribution in [2.45, 2.75) is 39.0 Å². The van der Waals surface area contributed by atoms with Crippen molar-refractivity contribution in [1.82, 2.24) is 15.0 Å². The zero-order chi connectivity index (χ0) is 22.5. The second kappa shape index (κ2) is 7.49. The quantitative estimate of drug-likeness (QED) is 0.524. The summed E-state index contributed by atoms with van der Waals surface area (Å²) in [5.74, 6) is 0.502. The van der Waals surface area contributed by atoms with Crippen LogP contribution < -0.4 is 0 Å². The van der Waals surface area contributed by atoms with Crippen molar-refractivity contribution in [3.05, 3.63) is 88.8 Å². The van der Waals surface area contributed by atoms with Gasteiger partial charge >= 0.3 is 0 Å². The van der Waals surface area contributed by atoms with Crippen molar-refractivity contribution in [2.24, 2.45) is 11.8 Å². The molecule has 0 bridgehead atoms. The lowest BCUT2D eigenvalue weighted by Gasteiger charge is -2.46. The van der Waals surface area contributed by atoms with Gasteiger partial charge in [-0.3, -0.25) is 4.98 Å². The smallest absolute Gasteiger partial charge is 0.226 e. The summed E-state index contributed by atoms with van der Waals surface area (Å²) in [7, 11) is 0. The largest absolute Gasteiger partial charge is 0.308 e. The minimum Gasteiger partial charge on any atom is -0.308 e. The highest BCUT2D eigenvalue weighted by molar-refractivity contribution is 6.00. The number of fused-ring (bicyclic) bond motifs is 3. The number of hydrogen-bond donors (Lipinski definition) is 0. The Morgan fingerprint density at radius 3 is 2.62 bits per heavy atom. The molecule has 0 saturated heterocycles. The van der Waals surface area contributed by atoms with Crippen LogP contribution in [0.4, 0.5) is 0 Å². The van der Waals surface area contributed by atoms with Crippen LogP contribution in [0.15, 0.2) is 60.6 Å². The molecule has 2 aliphatic carbocycles. The summed E-state index contributed by atoms with van der Waals surface area (Å²) in [4.78, 5) is 30.6. The number of nitrogens with zero attached hydrogens (tertiary/aromatic N) is 4. The van der Waals surface area contributed by atoms with Gasteiger partial charge in [-0.25, -0.2) is 14.8 Å². The van der Waals surface area contributed by atoms with Crippen LogP contribution in [-0.2, 0) is 16.6 Å². The van der Waals surface area contributed by atoms with Crippen molar-refractivity contribution < 1.29 is 4.79 Å². The van der Waals surface area contributed by atoms with Gasteiger partial charge in [-0.2, -0.15) is 0 Å². The summed E-state index contributed by atoms with van der Waals surface area (Å²) in [6, 6.07) is 12.2. The fraction of sp³-hybridized carbons (Fsp3) is 0.296. The van der Waals surface area contributed by atoms with Gasteiger partial charge < -0.3 is 4.79 Å². The molecule has 0 radical (unpaired) electrons. The number of allylic oxidation sites excluding steroid dienone is 2. The predicted octanol–water partition coefficient (Wildman–Crippen LogP) is 5.36. The summed E-state index contributed by atoms with van der Waals surface area (Å²) in [6.07, 6.45) is 7.04. The number of hydrogen-bond acceptors (Lipinski definition) is 4. The van der Waals surface area contributed by atoms with Gasteiger partial charge in [-0.15, -0.1) is 0 Å². The lowest BCUT2D eigenvalue weighted by atomic mass is 9.58. The maximum Gasteiger partial charge on any atom is 0.226 e. The van der Waals surface area contributed by atoms with E-state index in [1.54, 1.807) is 12.4 Å².